The van der Waals surface area contributed by atoms with Gasteiger partial charge in [0.25, 0.3) is 11.5 Å². The second kappa shape index (κ2) is 8.57. The van der Waals surface area contributed by atoms with E-state index in [2.05, 4.69) is 15.6 Å². The van der Waals surface area contributed by atoms with E-state index in [9.17, 15) is 9.59 Å². The van der Waals surface area contributed by atoms with Crippen LogP contribution < -0.4 is 16.2 Å². The number of halogens is 2. The van der Waals surface area contributed by atoms with Gasteiger partial charge in [-0.05, 0) is 42.5 Å². The van der Waals surface area contributed by atoms with Crippen molar-refractivity contribution in [2.24, 2.45) is 0 Å². The maximum Gasteiger partial charge on any atom is 0.258 e. The first-order valence-electron chi connectivity index (χ1n) is 9.07. The number of fused-ring (bicyclic) bond motifs is 1. The fourth-order valence-electron chi connectivity index (χ4n) is 3.00. The minimum absolute atomic E-state index is 0.230. The fourth-order valence-corrected chi connectivity index (χ4v) is 3.35. The first kappa shape index (κ1) is 19.9. The van der Waals surface area contributed by atoms with Crippen LogP contribution in [0.1, 0.15) is 16.1 Å². The molecule has 4 aromatic rings. The summed E-state index contributed by atoms with van der Waals surface area (Å²) in [5.74, 6) is -0.276. The summed E-state index contributed by atoms with van der Waals surface area (Å²) in [6, 6.07) is 18.8. The highest BCUT2D eigenvalue weighted by atomic mass is 35.5. The zero-order valence-corrected chi connectivity index (χ0v) is 17.1. The van der Waals surface area contributed by atoms with Gasteiger partial charge in [0.1, 0.15) is 5.65 Å². The summed E-state index contributed by atoms with van der Waals surface area (Å²) < 4.78 is 1.39. The molecule has 30 heavy (non-hydrogen) atoms. The lowest BCUT2D eigenvalue weighted by atomic mass is 10.1. The molecule has 0 spiro atoms. The zero-order chi connectivity index (χ0) is 21.1. The molecule has 0 aliphatic rings. The number of pyridine rings is 1. The van der Waals surface area contributed by atoms with E-state index in [4.69, 9.17) is 23.2 Å². The van der Waals surface area contributed by atoms with E-state index in [1.54, 1.807) is 54.6 Å². The van der Waals surface area contributed by atoms with E-state index in [0.717, 1.165) is 0 Å². The Bertz CT molecular complexity index is 1300. The molecular formula is C22H16Cl2N4O2. The number of benzene rings is 2. The van der Waals surface area contributed by atoms with Gasteiger partial charge in [-0.1, -0.05) is 41.4 Å². The maximum atomic E-state index is 12.7. The molecule has 150 valence electrons. The van der Waals surface area contributed by atoms with Crippen molar-refractivity contribution in [3.8, 4) is 0 Å². The van der Waals surface area contributed by atoms with Gasteiger partial charge in [0.15, 0.2) is 0 Å². The van der Waals surface area contributed by atoms with Gasteiger partial charge >= 0.3 is 0 Å². The number of para-hydroxylation sites is 1. The van der Waals surface area contributed by atoms with Crippen molar-refractivity contribution in [1.82, 2.24) is 9.38 Å². The summed E-state index contributed by atoms with van der Waals surface area (Å²) in [5, 5.41) is 7.01. The number of hydrogen-bond acceptors (Lipinski definition) is 4. The zero-order valence-electron chi connectivity index (χ0n) is 15.6. The minimum Gasteiger partial charge on any atom is -0.379 e. The Labute approximate surface area is 182 Å². The summed E-state index contributed by atoms with van der Waals surface area (Å²) >= 11 is 11.9. The SMILES string of the molecule is O=C(Nc1cccc(Cl)c1)c1ccccc1NCc1cc(=O)n2cc(Cl)ccc2n1. The number of nitrogens with zero attached hydrogens (tertiary/aromatic N) is 2. The van der Waals surface area contributed by atoms with Crippen molar-refractivity contribution < 1.29 is 4.79 Å². The van der Waals surface area contributed by atoms with E-state index in [-0.39, 0.29) is 18.0 Å². The number of anilines is 2. The molecule has 2 aromatic heterocycles. The molecule has 0 saturated heterocycles. The highest BCUT2D eigenvalue weighted by Crippen LogP contribution is 2.20. The predicted octanol–water partition coefficient (Wildman–Crippen LogP) is 4.87. The average molecular weight is 439 g/mol. The van der Waals surface area contributed by atoms with Gasteiger partial charge in [-0.3, -0.25) is 14.0 Å². The van der Waals surface area contributed by atoms with E-state index in [1.807, 2.05) is 6.07 Å². The third kappa shape index (κ3) is 4.45. The van der Waals surface area contributed by atoms with Crippen molar-refractivity contribution in [3.05, 3.63) is 105 Å². The standard InChI is InChI=1S/C22H16Cl2N4O2/c23-14-4-3-5-16(10-14)27-22(30)18-6-1-2-7-19(18)25-12-17-11-21(29)28-13-15(24)8-9-20(28)26-17/h1-11,13,25H,12H2,(H,27,30). The lowest BCUT2D eigenvalue weighted by Gasteiger charge is -2.12. The first-order chi connectivity index (χ1) is 14.5. The van der Waals surface area contributed by atoms with Crippen LogP contribution in [0.3, 0.4) is 0 Å². The van der Waals surface area contributed by atoms with Crippen LogP contribution in [0.15, 0.2) is 77.7 Å². The van der Waals surface area contributed by atoms with E-state index in [0.29, 0.717) is 38.3 Å². The summed E-state index contributed by atoms with van der Waals surface area (Å²) in [6.45, 7) is 0.274. The van der Waals surface area contributed by atoms with E-state index < -0.39 is 0 Å². The van der Waals surface area contributed by atoms with Gasteiger partial charge in [0.2, 0.25) is 0 Å². The minimum atomic E-state index is -0.276. The third-order valence-corrected chi connectivity index (χ3v) is 4.85. The summed E-state index contributed by atoms with van der Waals surface area (Å²) in [5.41, 5.74) is 2.50. The molecule has 0 bridgehead atoms. The molecule has 2 heterocycles. The third-order valence-electron chi connectivity index (χ3n) is 4.39. The Balaban J connectivity index is 1.55. The molecule has 0 saturated carbocycles. The molecule has 2 N–H and O–H groups in total. The van der Waals surface area contributed by atoms with Crippen molar-refractivity contribution in [2.45, 2.75) is 6.54 Å². The Morgan fingerprint density at radius 3 is 2.63 bits per heavy atom. The highest BCUT2D eigenvalue weighted by Gasteiger charge is 2.12. The van der Waals surface area contributed by atoms with Crippen LogP contribution in [0.5, 0.6) is 0 Å². The second-order valence-electron chi connectivity index (χ2n) is 6.52. The van der Waals surface area contributed by atoms with Crippen molar-refractivity contribution in [1.29, 1.82) is 0 Å². The number of aromatic nitrogens is 2. The predicted molar refractivity (Wildman–Crippen MR) is 120 cm³/mol. The Hall–Kier alpha value is -3.35. The van der Waals surface area contributed by atoms with Gasteiger partial charge in [0.05, 0.1) is 22.8 Å². The number of rotatable bonds is 5. The summed E-state index contributed by atoms with van der Waals surface area (Å²) in [4.78, 5) is 29.5. The molecular weight excluding hydrogens is 423 g/mol. The summed E-state index contributed by atoms with van der Waals surface area (Å²) in [6.07, 6.45) is 1.53. The Morgan fingerprint density at radius 2 is 1.80 bits per heavy atom. The lowest BCUT2D eigenvalue weighted by Crippen LogP contribution is -2.18. The molecule has 4 rings (SSSR count). The quantitative estimate of drug-likeness (QED) is 0.466. The molecule has 0 unspecified atom stereocenters. The molecule has 0 aliphatic carbocycles. The molecule has 0 atom stereocenters. The largest absolute Gasteiger partial charge is 0.379 e. The van der Waals surface area contributed by atoms with Crippen LogP contribution in [-0.4, -0.2) is 15.3 Å². The number of nitrogens with one attached hydrogen (secondary N) is 2. The second-order valence-corrected chi connectivity index (χ2v) is 7.40. The normalized spacial score (nSPS) is 10.7. The number of hydrogen-bond donors (Lipinski definition) is 2. The van der Waals surface area contributed by atoms with Crippen LogP contribution >= 0.6 is 23.2 Å². The molecule has 0 fully saturated rings. The number of carbonyl (C=O) groups is 1. The van der Waals surface area contributed by atoms with Gasteiger partial charge in [0, 0.05) is 28.7 Å². The van der Waals surface area contributed by atoms with Crippen molar-refractivity contribution >= 4 is 46.1 Å². The van der Waals surface area contributed by atoms with Gasteiger partial charge < -0.3 is 10.6 Å². The molecule has 1 amide bonds. The van der Waals surface area contributed by atoms with Gasteiger partial charge in [-0.15, -0.1) is 0 Å². The number of carbonyl (C=O) groups excluding carboxylic acids is 1. The Kier molecular flexibility index (Phi) is 5.70. The fraction of sp³-hybridized carbons (Fsp3) is 0.0455. The molecule has 0 aliphatic heterocycles. The van der Waals surface area contributed by atoms with Crippen LogP contribution in [0.25, 0.3) is 5.65 Å². The number of amides is 1. The summed E-state index contributed by atoms with van der Waals surface area (Å²) in [7, 11) is 0. The van der Waals surface area contributed by atoms with E-state index >= 15 is 0 Å². The molecule has 8 heteroatoms. The van der Waals surface area contributed by atoms with Crippen LogP contribution in [-0.2, 0) is 6.54 Å². The first-order valence-corrected chi connectivity index (χ1v) is 9.83. The monoisotopic (exact) mass is 438 g/mol. The van der Waals surface area contributed by atoms with Crippen LogP contribution in [0.2, 0.25) is 10.0 Å². The average Bonchev–Trinajstić information content (AvgIpc) is 2.73. The smallest absolute Gasteiger partial charge is 0.258 e. The Morgan fingerprint density at radius 1 is 0.967 bits per heavy atom. The molecule has 2 aromatic carbocycles. The van der Waals surface area contributed by atoms with Gasteiger partial charge in [-0.2, -0.15) is 0 Å². The highest BCUT2D eigenvalue weighted by molar-refractivity contribution is 6.31. The topological polar surface area (TPSA) is 75.5 Å². The molecule has 0 radical (unpaired) electrons. The van der Waals surface area contributed by atoms with Crippen molar-refractivity contribution in [3.63, 3.8) is 0 Å². The van der Waals surface area contributed by atoms with Crippen LogP contribution in [0, 0.1) is 0 Å². The van der Waals surface area contributed by atoms with E-state index in [1.165, 1.54) is 16.7 Å². The maximum absolute atomic E-state index is 12.7. The van der Waals surface area contributed by atoms with Gasteiger partial charge in [-0.25, -0.2) is 4.98 Å². The molecule has 6 nitrogen and oxygen atoms in total. The van der Waals surface area contributed by atoms with Crippen LogP contribution in [0.4, 0.5) is 11.4 Å². The lowest BCUT2D eigenvalue weighted by molar-refractivity contribution is 0.102. The van der Waals surface area contributed by atoms with Crippen molar-refractivity contribution in [2.75, 3.05) is 10.6 Å².